The van der Waals surface area contributed by atoms with Crippen LogP contribution in [0.5, 0.6) is 0 Å². The Kier molecular flexibility index (Phi) is 3.31. The molecule has 4 nitrogen and oxygen atoms in total. The highest BCUT2D eigenvalue weighted by atomic mass is 16.5. The Morgan fingerprint density at radius 2 is 2.00 bits per heavy atom. The summed E-state index contributed by atoms with van der Waals surface area (Å²) in [6, 6.07) is 5.98. The monoisotopic (exact) mass is 222 g/mol. The van der Waals surface area contributed by atoms with E-state index in [0.29, 0.717) is 0 Å². The van der Waals surface area contributed by atoms with Crippen LogP contribution in [0.1, 0.15) is 5.56 Å². The summed E-state index contributed by atoms with van der Waals surface area (Å²) >= 11 is 0. The summed E-state index contributed by atoms with van der Waals surface area (Å²) in [5.41, 5.74) is 3.14. The first-order valence-electron chi connectivity index (χ1n) is 5.55. The first-order valence-corrected chi connectivity index (χ1v) is 5.55. The van der Waals surface area contributed by atoms with Crippen molar-refractivity contribution in [2.45, 2.75) is 6.92 Å². The first-order chi connectivity index (χ1) is 7.70. The maximum atomic E-state index is 9.52. The Morgan fingerprint density at radius 1 is 1.31 bits per heavy atom. The van der Waals surface area contributed by atoms with Crippen molar-refractivity contribution >= 4 is 11.4 Å². The summed E-state index contributed by atoms with van der Waals surface area (Å²) in [5, 5.41) is 10.7. The second-order valence-corrected chi connectivity index (χ2v) is 4.04. The Bertz CT molecular complexity index is 360. The number of anilines is 2. The summed E-state index contributed by atoms with van der Waals surface area (Å²) in [6.07, 6.45) is 0. The molecule has 0 saturated carbocycles. The number of hydroxylamine groups is 1. The Balaban J connectivity index is 2.29. The highest BCUT2D eigenvalue weighted by Crippen LogP contribution is 2.28. The van der Waals surface area contributed by atoms with E-state index >= 15 is 0 Å². The molecule has 0 radical (unpaired) electrons. The van der Waals surface area contributed by atoms with E-state index in [1.54, 1.807) is 7.05 Å². The van der Waals surface area contributed by atoms with Crippen molar-refractivity contribution in [2.75, 3.05) is 43.3 Å². The van der Waals surface area contributed by atoms with E-state index in [1.165, 1.54) is 10.8 Å². The third-order valence-electron chi connectivity index (χ3n) is 2.98. The van der Waals surface area contributed by atoms with Crippen LogP contribution >= 0.6 is 0 Å². The zero-order valence-electron chi connectivity index (χ0n) is 9.81. The Labute approximate surface area is 96.0 Å². The van der Waals surface area contributed by atoms with E-state index < -0.39 is 0 Å². The molecular formula is C12H18N2O2. The standard InChI is InChI=1S/C12H18N2O2/c1-10-11(13(2)15)4-3-5-12(10)14-6-8-16-9-7-14/h3-5,15H,6-9H2,1-2H3. The Hall–Kier alpha value is -1.26. The van der Waals surface area contributed by atoms with Gasteiger partial charge >= 0.3 is 0 Å². The minimum absolute atomic E-state index is 0.776. The molecule has 1 aliphatic rings. The van der Waals surface area contributed by atoms with Crippen molar-refractivity contribution in [1.29, 1.82) is 0 Å². The van der Waals surface area contributed by atoms with Crippen molar-refractivity contribution < 1.29 is 9.94 Å². The lowest BCUT2D eigenvalue weighted by atomic mass is 10.1. The number of benzene rings is 1. The van der Waals surface area contributed by atoms with Gasteiger partial charge in [0.25, 0.3) is 0 Å². The lowest BCUT2D eigenvalue weighted by Crippen LogP contribution is -2.36. The predicted octanol–water partition coefficient (Wildman–Crippen LogP) is 1.66. The molecule has 1 saturated heterocycles. The highest BCUT2D eigenvalue weighted by Gasteiger charge is 2.15. The summed E-state index contributed by atoms with van der Waals surface area (Å²) in [7, 11) is 1.64. The number of hydrogen-bond donors (Lipinski definition) is 1. The third kappa shape index (κ3) is 2.13. The molecule has 0 atom stereocenters. The maximum Gasteiger partial charge on any atom is 0.0680 e. The van der Waals surface area contributed by atoms with Gasteiger partial charge in [0.1, 0.15) is 0 Å². The van der Waals surface area contributed by atoms with Crippen molar-refractivity contribution in [3.63, 3.8) is 0 Å². The SMILES string of the molecule is Cc1c(N(C)O)cccc1N1CCOCC1. The molecule has 1 aromatic rings. The summed E-state index contributed by atoms with van der Waals surface area (Å²) < 4.78 is 5.34. The molecule has 0 aromatic heterocycles. The average molecular weight is 222 g/mol. The molecule has 0 spiro atoms. The molecule has 0 aliphatic carbocycles. The summed E-state index contributed by atoms with van der Waals surface area (Å²) in [5.74, 6) is 0. The molecule has 1 aliphatic heterocycles. The van der Waals surface area contributed by atoms with Gasteiger partial charge in [-0.25, -0.2) is 0 Å². The second-order valence-electron chi connectivity index (χ2n) is 4.04. The first kappa shape index (κ1) is 11.2. The number of hydrogen-bond acceptors (Lipinski definition) is 4. The third-order valence-corrected chi connectivity index (χ3v) is 2.98. The van der Waals surface area contributed by atoms with E-state index in [9.17, 15) is 5.21 Å². The number of morpholine rings is 1. The van der Waals surface area contributed by atoms with E-state index in [0.717, 1.165) is 37.6 Å². The van der Waals surface area contributed by atoms with E-state index in [4.69, 9.17) is 4.74 Å². The van der Waals surface area contributed by atoms with Crippen molar-refractivity contribution in [3.8, 4) is 0 Å². The highest BCUT2D eigenvalue weighted by molar-refractivity contribution is 5.66. The second kappa shape index (κ2) is 4.72. The van der Waals surface area contributed by atoms with E-state index in [2.05, 4.69) is 11.0 Å². The molecule has 1 N–H and O–H groups in total. The smallest absolute Gasteiger partial charge is 0.0680 e. The van der Waals surface area contributed by atoms with E-state index in [1.807, 2.05) is 19.1 Å². The molecule has 16 heavy (non-hydrogen) atoms. The Morgan fingerprint density at radius 3 is 2.62 bits per heavy atom. The van der Waals surface area contributed by atoms with Crippen molar-refractivity contribution in [2.24, 2.45) is 0 Å². The normalized spacial score (nSPS) is 16.3. The van der Waals surface area contributed by atoms with Crippen LogP contribution in [0.3, 0.4) is 0 Å². The molecule has 0 amide bonds. The lowest BCUT2D eigenvalue weighted by molar-refractivity contribution is 0.122. The largest absolute Gasteiger partial charge is 0.378 e. The van der Waals surface area contributed by atoms with Gasteiger partial charge in [-0.3, -0.25) is 10.3 Å². The molecule has 88 valence electrons. The lowest BCUT2D eigenvalue weighted by Gasteiger charge is -2.31. The molecule has 1 aromatic carbocycles. The van der Waals surface area contributed by atoms with Gasteiger partial charge in [-0.1, -0.05) is 6.07 Å². The fourth-order valence-corrected chi connectivity index (χ4v) is 2.11. The number of rotatable bonds is 2. The minimum Gasteiger partial charge on any atom is -0.378 e. The van der Waals surface area contributed by atoms with Crippen LogP contribution in [0.25, 0.3) is 0 Å². The molecule has 2 rings (SSSR count). The van der Waals surface area contributed by atoms with Crippen LogP contribution in [-0.4, -0.2) is 38.6 Å². The molecular weight excluding hydrogens is 204 g/mol. The van der Waals surface area contributed by atoms with Gasteiger partial charge in [0, 0.05) is 25.8 Å². The van der Waals surface area contributed by atoms with E-state index in [-0.39, 0.29) is 0 Å². The van der Waals surface area contributed by atoms with Gasteiger partial charge in [-0.05, 0) is 24.6 Å². The quantitative estimate of drug-likeness (QED) is 0.772. The minimum atomic E-state index is 0.776. The van der Waals surface area contributed by atoms with Gasteiger partial charge in [0.15, 0.2) is 0 Å². The van der Waals surface area contributed by atoms with Gasteiger partial charge in [-0.15, -0.1) is 0 Å². The average Bonchev–Trinajstić information content (AvgIpc) is 2.30. The number of nitrogens with zero attached hydrogens (tertiary/aromatic N) is 2. The van der Waals surface area contributed by atoms with Gasteiger partial charge in [0.05, 0.1) is 18.9 Å². The molecule has 4 heteroatoms. The fourth-order valence-electron chi connectivity index (χ4n) is 2.11. The predicted molar refractivity (Wildman–Crippen MR) is 64.4 cm³/mol. The molecule has 0 bridgehead atoms. The van der Waals surface area contributed by atoms with Crippen LogP contribution < -0.4 is 9.96 Å². The van der Waals surface area contributed by atoms with Gasteiger partial charge < -0.3 is 9.64 Å². The van der Waals surface area contributed by atoms with Crippen LogP contribution in [0.2, 0.25) is 0 Å². The zero-order chi connectivity index (χ0) is 11.5. The molecule has 0 unspecified atom stereocenters. The maximum absolute atomic E-state index is 9.52. The summed E-state index contributed by atoms with van der Waals surface area (Å²) in [4.78, 5) is 2.30. The summed E-state index contributed by atoms with van der Waals surface area (Å²) in [6.45, 7) is 5.42. The van der Waals surface area contributed by atoms with Crippen LogP contribution in [0.4, 0.5) is 11.4 Å². The van der Waals surface area contributed by atoms with Crippen molar-refractivity contribution in [3.05, 3.63) is 23.8 Å². The zero-order valence-corrected chi connectivity index (χ0v) is 9.81. The van der Waals surface area contributed by atoms with Crippen LogP contribution in [-0.2, 0) is 4.74 Å². The van der Waals surface area contributed by atoms with Crippen LogP contribution in [0.15, 0.2) is 18.2 Å². The van der Waals surface area contributed by atoms with Gasteiger partial charge in [-0.2, -0.15) is 0 Å². The number of ether oxygens (including phenoxy) is 1. The van der Waals surface area contributed by atoms with Crippen molar-refractivity contribution in [1.82, 2.24) is 0 Å². The topological polar surface area (TPSA) is 35.9 Å². The molecule has 1 heterocycles. The van der Waals surface area contributed by atoms with Crippen LogP contribution in [0, 0.1) is 6.92 Å². The van der Waals surface area contributed by atoms with Gasteiger partial charge in [0.2, 0.25) is 0 Å². The molecule has 1 fully saturated rings. The fraction of sp³-hybridized carbons (Fsp3) is 0.500.